The molecule has 0 saturated heterocycles. The van der Waals surface area contributed by atoms with Crippen LogP contribution in [-0.4, -0.2) is 10.2 Å². The first kappa shape index (κ1) is 17.5. The number of ether oxygens (including phenoxy) is 1. The highest BCUT2D eigenvalue weighted by Crippen LogP contribution is 2.28. The normalized spacial score (nSPS) is 10.7. The molecule has 4 aromatic rings. The predicted octanol–water partition coefficient (Wildman–Crippen LogP) is 6.05. The van der Waals surface area contributed by atoms with Crippen LogP contribution in [0.3, 0.4) is 0 Å². The minimum absolute atomic E-state index is 0.425. The topological polar surface area (TPSA) is 48.2 Å². The summed E-state index contributed by atoms with van der Waals surface area (Å²) in [7, 11) is 0. The van der Waals surface area contributed by atoms with Crippen LogP contribution in [0.5, 0.6) is 5.75 Å². The lowest BCUT2D eigenvalue weighted by Gasteiger charge is -2.09. The highest BCUT2D eigenvalue weighted by Gasteiger charge is 2.14. The molecule has 0 aliphatic heterocycles. The molecule has 5 heteroatoms. The molecular formula is C22H17BrN2O2. The lowest BCUT2D eigenvalue weighted by Crippen LogP contribution is -1.98. The maximum absolute atomic E-state index is 5.95. The Morgan fingerprint density at radius 2 is 1.70 bits per heavy atom. The number of nitrogens with zero attached hydrogens (tertiary/aromatic N) is 2. The smallest absolute Gasteiger partial charge is 0.248 e. The molecule has 0 aliphatic carbocycles. The first-order valence-electron chi connectivity index (χ1n) is 8.56. The van der Waals surface area contributed by atoms with Gasteiger partial charge in [-0.1, -0.05) is 52.3 Å². The summed E-state index contributed by atoms with van der Waals surface area (Å²) in [5.74, 6) is 1.80. The molecule has 3 aromatic carbocycles. The molecule has 0 aliphatic rings. The zero-order chi connectivity index (χ0) is 18.6. The summed E-state index contributed by atoms with van der Waals surface area (Å²) in [6.07, 6.45) is 0. The van der Waals surface area contributed by atoms with Crippen LogP contribution in [0, 0.1) is 6.92 Å². The average molecular weight is 421 g/mol. The van der Waals surface area contributed by atoms with Crippen molar-refractivity contribution in [1.82, 2.24) is 10.2 Å². The quantitative estimate of drug-likeness (QED) is 0.394. The SMILES string of the molecule is Cc1cccc(OCc2ccccc2-c2nnc(-c3cccc(Br)c3)o2)c1. The van der Waals surface area contributed by atoms with Gasteiger partial charge in [0.1, 0.15) is 12.4 Å². The van der Waals surface area contributed by atoms with Crippen LogP contribution in [0.2, 0.25) is 0 Å². The van der Waals surface area contributed by atoms with E-state index < -0.39 is 0 Å². The van der Waals surface area contributed by atoms with Crippen molar-refractivity contribution in [3.8, 4) is 28.7 Å². The van der Waals surface area contributed by atoms with Crippen LogP contribution >= 0.6 is 15.9 Å². The van der Waals surface area contributed by atoms with Crippen LogP contribution in [0.15, 0.2) is 81.7 Å². The monoisotopic (exact) mass is 420 g/mol. The van der Waals surface area contributed by atoms with Crippen molar-refractivity contribution in [2.45, 2.75) is 13.5 Å². The fraction of sp³-hybridized carbons (Fsp3) is 0.0909. The second kappa shape index (κ2) is 7.76. The first-order valence-corrected chi connectivity index (χ1v) is 9.35. The maximum atomic E-state index is 5.95. The Labute approximate surface area is 166 Å². The summed E-state index contributed by atoms with van der Waals surface area (Å²) >= 11 is 3.46. The van der Waals surface area contributed by atoms with E-state index in [2.05, 4.69) is 26.1 Å². The average Bonchev–Trinajstić information content (AvgIpc) is 3.17. The van der Waals surface area contributed by atoms with E-state index in [0.29, 0.717) is 18.4 Å². The number of benzene rings is 3. The Kier molecular flexibility index (Phi) is 5.03. The Bertz CT molecular complexity index is 1080. The van der Waals surface area contributed by atoms with Crippen molar-refractivity contribution < 1.29 is 9.15 Å². The van der Waals surface area contributed by atoms with Crippen LogP contribution in [0.25, 0.3) is 22.9 Å². The molecule has 0 N–H and O–H groups in total. The molecule has 0 bridgehead atoms. The zero-order valence-corrected chi connectivity index (χ0v) is 16.3. The van der Waals surface area contributed by atoms with Gasteiger partial charge in [-0.2, -0.15) is 0 Å². The molecule has 27 heavy (non-hydrogen) atoms. The van der Waals surface area contributed by atoms with Gasteiger partial charge in [0.05, 0.1) is 0 Å². The molecule has 0 radical (unpaired) electrons. The van der Waals surface area contributed by atoms with Crippen molar-refractivity contribution >= 4 is 15.9 Å². The summed E-state index contributed by atoms with van der Waals surface area (Å²) in [6.45, 7) is 2.47. The first-order chi connectivity index (χ1) is 13.2. The predicted molar refractivity (Wildman–Crippen MR) is 108 cm³/mol. The Morgan fingerprint density at radius 3 is 2.56 bits per heavy atom. The van der Waals surface area contributed by atoms with E-state index in [1.165, 1.54) is 0 Å². The minimum atomic E-state index is 0.425. The van der Waals surface area contributed by atoms with Gasteiger partial charge in [0.15, 0.2) is 0 Å². The molecule has 134 valence electrons. The Hall–Kier alpha value is -2.92. The third kappa shape index (κ3) is 4.09. The molecule has 0 unspecified atom stereocenters. The summed E-state index contributed by atoms with van der Waals surface area (Å²) in [6, 6.07) is 23.7. The van der Waals surface area contributed by atoms with E-state index >= 15 is 0 Å². The molecule has 0 saturated carbocycles. The van der Waals surface area contributed by atoms with E-state index in [1.807, 2.05) is 79.7 Å². The second-order valence-corrected chi connectivity index (χ2v) is 7.10. The number of aryl methyl sites for hydroxylation is 1. The molecule has 0 amide bonds. The maximum Gasteiger partial charge on any atom is 0.248 e. The second-order valence-electron chi connectivity index (χ2n) is 6.19. The number of aromatic nitrogens is 2. The fourth-order valence-electron chi connectivity index (χ4n) is 2.79. The van der Waals surface area contributed by atoms with E-state index in [4.69, 9.17) is 9.15 Å². The molecule has 0 atom stereocenters. The van der Waals surface area contributed by atoms with Gasteiger partial charge in [0.2, 0.25) is 11.8 Å². The lowest BCUT2D eigenvalue weighted by molar-refractivity contribution is 0.306. The van der Waals surface area contributed by atoms with Gasteiger partial charge in [0.25, 0.3) is 0 Å². The molecule has 4 rings (SSSR count). The van der Waals surface area contributed by atoms with Crippen LogP contribution in [0.1, 0.15) is 11.1 Å². The van der Waals surface area contributed by atoms with Crippen molar-refractivity contribution in [3.05, 3.63) is 88.4 Å². The summed E-state index contributed by atoms with van der Waals surface area (Å²) in [4.78, 5) is 0. The van der Waals surface area contributed by atoms with Gasteiger partial charge < -0.3 is 9.15 Å². The Balaban J connectivity index is 1.60. The van der Waals surface area contributed by atoms with E-state index in [-0.39, 0.29) is 0 Å². The molecular weight excluding hydrogens is 404 g/mol. The van der Waals surface area contributed by atoms with Crippen LogP contribution in [-0.2, 0) is 6.61 Å². The van der Waals surface area contributed by atoms with E-state index in [9.17, 15) is 0 Å². The highest BCUT2D eigenvalue weighted by molar-refractivity contribution is 9.10. The third-order valence-corrected chi connectivity index (χ3v) is 4.62. The molecule has 4 nitrogen and oxygen atoms in total. The third-order valence-electron chi connectivity index (χ3n) is 4.13. The number of hydrogen-bond donors (Lipinski definition) is 0. The number of hydrogen-bond acceptors (Lipinski definition) is 4. The standard InChI is InChI=1S/C22H17BrN2O2/c1-15-6-4-10-19(12-15)26-14-17-7-2-3-11-20(17)22-25-24-21(27-22)16-8-5-9-18(23)13-16/h2-13H,14H2,1H3. The van der Waals surface area contributed by atoms with Crippen LogP contribution < -0.4 is 4.74 Å². The number of rotatable bonds is 5. The van der Waals surface area contributed by atoms with Gasteiger partial charge in [-0.3, -0.25) is 0 Å². The van der Waals surface area contributed by atoms with E-state index in [1.54, 1.807) is 0 Å². The zero-order valence-electron chi connectivity index (χ0n) is 14.7. The fourth-order valence-corrected chi connectivity index (χ4v) is 3.19. The highest BCUT2D eigenvalue weighted by atomic mass is 79.9. The van der Waals surface area contributed by atoms with Crippen molar-refractivity contribution in [1.29, 1.82) is 0 Å². The van der Waals surface area contributed by atoms with Crippen molar-refractivity contribution in [2.75, 3.05) is 0 Å². The van der Waals surface area contributed by atoms with Gasteiger partial charge in [0, 0.05) is 21.2 Å². The van der Waals surface area contributed by atoms with Crippen LogP contribution in [0.4, 0.5) is 0 Å². The van der Waals surface area contributed by atoms with Gasteiger partial charge in [-0.05, 0) is 48.9 Å². The van der Waals surface area contributed by atoms with E-state index in [0.717, 1.165) is 32.5 Å². The van der Waals surface area contributed by atoms with Crippen molar-refractivity contribution in [3.63, 3.8) is 0 Å². The largest absolute Gasteiger partial charge is 0.489 e. The van der Waals surface area contributed by atoms with Gasteiger partial charge in [-0.15, -0.1) is 10.2 Å². The summed E-state index contributed by atoms with van der Waals surface area (Å²) in [5.41, 5.74) is 3.90. The summed E-state index contributed by atoms with van der Waals surface area (Å²) < 4.78 is 12.8. The minimum Gasteiger partial charge on any atom is -0.489 e. The Morgan fingerprint density at radius 1 is 0.889 bits per heavy atom. The van der Waals surface area contributed by atoms with Gasteiger partial charge >= 0.3 is 0 Å². The molecule has 0 fully saturated rings. The summed E-state index contributed by atoms with van der Waals surface area (Å²) in [5, 5.41) is 8.43. The van der Waals surface area contributed by atoms with Crippen molar-refractivity contribution in [2.24, 2.45) is 0 Å². The molecule has 1 heterocycles. The molecule has 1 aromatic heterocycles. The lowest BCUT2D eigenvalue weighted by atomic mass is 10.1. The van der Waals surface area contributed by atoms with Gasteiger partial charge in [-0.25, -0.2) is 0 Å². The number of halogens is 1. The molecule has 0 spiro atoms.